The maximum atomic E-state index is 11.5. The summed E-state index contributed by atoms with van der Waals surface area (Å²) in [5.74, 6) is 0.194. The van der Waals surface area contributed by atoms with Crippen LogP contribution in [0.15, 0.2) is 59.1 Å². The summed E-state index contributed by atoms with van der Waals surface area (Å²) in [5.41, 5.74) is 1.87. The van der Waals surface area contributed by atoms with Crippen molar-refractivity contribution in [2.45, 2.75) is 6.61 Å². The minimum atomic E-state index is -0.458. The molecule has 4 nitrogen and oxygen atoms in total. The first kappa shape index (κ1) is 16.1. The van der Waals surface area contributed by atoms with Crippen LogP contribution < -0.4 is 5.32 Å². The molecule has 0 fully saturated rings. The highest BCUT2D eigenvalue weighted by molar-refractivity contribution is 9.10. The normalized spacial score (nSPS) is 10.6. The molecule has 0 heterocycles. The molecule has 0 atom stereocenters. The third-order valence-electron chi connectivity index (χ3n) is 2.86. The second-order valence-electron chi connectivity index (χ2n) is 4.56. The summed E-state index contributed by atoms with van der Waals surface area (Å²) in [5, 5.41) is 12.0. The van der Waals surface area contributed by atoms with Gasteiger partial charge in [-0.25, -0.2) is 4.79 Å². The molecule has 2 rings (SSSR count). The smallest absolute Gasteiger partial charge is 0.407 e. The van der Waals surface area contributed by atoms with Gasteiger partial charge in [0.05, 0.1) is 4.47 Å². The molecular weight excluding hydrogens is 346 g/mol. The van der Waals surface area contributed by atoms with Gasteiger partial charge in [0, 0.05) is 6.54 Å². The van der Waals surface area contributed by atoms with E-state index in [-0.39, 0.29) is 12.4 Å². The van der Waals surface area contributed by atoms with Gasteiger partial charge in [-0.15, -0.1) is 0 Å². The molecule has 2 aromatic carbocycles. The first-order valence-corrected chi connectivity index (χ1v) is 7.54. The number of amides is 1. The summed E-state index contributed by atoms with van der Waals surface area (Å²) in [6.45, 7) is 0.618. The lowest BCUT2D eigenvalue weighted by Crippen LogP contribution is -2.24. The number of alkyl carbamates (subject to hydrolysis) is 1. The minimum absolute atomic E-state index is 0.194. The van der Waals surface area contributed by atoms with Crippen molar-refractivity contribution in [2.24, 2.45) is 0 Å². The number of carbonyl (C=O) groups is 1. The number of benzene rings is 2. The van der Waals surface area contributed by atoms with Crippen LogP contribution in [0.3, 0.4) is 0 Å². The lowest BCUT2D eigenvalue weighted by Gasteiger charge is -2.05. The van der Waals surface area contributed by atoms with Crippen LogP contribution in [0.2, 0.25) is 0 Å². The Labute approximate surface area is 137 Å². The van der Waals surface area contributed by atoms with Crippen molar-refractivity contribution in [3.63, 3.8) is 0 Å². The van der Waals surface area contributed by atoms with E-state index < -0.39 is 6.09 Å². The van der Waals surface area contributed by atoms with Gasteiger partial charge in [0.25, 0.3) is 0 Å². The standard InChI is InChI=1S/C17H16BrNO3/c18-15-11-13(8-9-16(15)20)7-4-10-19-17(21)22-12-14-5-2-1-3-6-14/h1-9,11,20H,10,12H2,(H,19,21). The number of phenolic OH excluding ortho intramolecular Hbond substituents is 1. The fourth-order valence-corrected chi connectivity index (χ4v) is 2.13. The highest BCUT2D eigenvalue weighted by Gasteiger charge is 2.00. The Morgan fingerprint density at radius 3 is 2.73 bits per heavy atom. The average molecular weight is 362 g/mol. The van der Waals surface area contributed by atoms with Crippen LogP contribution in [0.25, 0.3) is 6.08 Å². The number of hydrogen-bond acceptors (Lipinski definition) is 3. The van der Waals surface area contributed by atoms with Crippen molar-refractivity contribution in [3.05, 3.63) is 70.2 Å². The van der Waals surface area contributed by atoms with Crippen molar-refractivity contribution >= 4 is 28.1 Å². The molecule has 0 unspecified atom stereocenters. The number of aromatic hydroxyl groups is 1. The Morgan fingerprint density at radius 2 is 2.00 bits per heavy atom. The lowest BCUT2D eigenvalue weighted by atomic mass is 10.2. The number of halogens is 1. The summed E-state index contributed by atoms with van der Waals surface area (Å²) >= 11 is 3.25. The molecule has 114 valence electrons. The van der Waals surface area contributed by atoms with Crippen molar-refractivity contribution in [3.8, 4) is 5.75 Å². The second kappa shape index (κ2) is 8.24. The summed E-state index contributed by atoms with van der Waals surface area (Å²) in [6.07, 6.45) is 3.20. The molecule has 0 aromatic heterocycles. The number of phenols is 1. The maximum Gasteiger partial charge on any atom is 0.407 e. The highest BCUT2D eigenvalue weighted by atomic mass is 79.9. The SMILES string of the molecule is O=C(NCC=Cc1ccc(O)c(Br)c1)OCc1ccccc1. The maximum absolute atomic E-state index is 11.5. The van der Waals surface area contributed by atoms with Gasteiger partial charge in [0.15, 0.2) is 0 Å². The molecule has 2 aromatic rings. The number of hydrogen-bond donors (Lipinski definition) is 2. The van der Waals surface area contributed by atoms with Gasteiger partial charge >= 0.3 is 6.09 Å². The van der Waals surface area contributed by atoms with E-state index in [4.69, 9.17) is 4.74 Å². The summed E-state index contributed by atoms with van der Waals surface area (Å²) in [7, 11) is 0. The van der Waals surface area contributed by atoms with Crippen LogP contribution in [-0.2, 0) is 11.3 Å². The Hall–Kier alpha value is -2.27. The lowest BCUT2D eigenvalue weighted by molar-refractivity contribution is 0.141. The van der Waals surface area contributed by atoms with Gasteiger partial charge in [-0.2, -0.15) is 0 Å². The van der Waals surface area contributed by atoms with Gasteiger partial charge in [0.1, 0.15) is 12.4 Å². The number of rotatable bonds is 5. The molecule has 5 heteroatoms. The fraction of sp³-hybridized carbons (Fsp3) is 0.118. The predicted molar refractivity (Wildman–Crippen MR) is 89.5 cm³/mol. The Kier molecular flexibility index (Phi) is 6.03. The molecule has 0 radical (unpaired) electrons. The largest absolute Gasteiger partial charge is 0.507 e. The highest BCUT2D eigenvalue weighted by Crippen LogP contribution is 2.24. The van der Waals surface area contributed by atoms with Crippen LogP contribution in [0.1, 0.15) is 11.1 Å². The van der Waals surface area contributed by atoms with E-state index >= 15 is 0 Å². The molecule has 0 saturated heterocycles. The van der Waals surface area contributed by atoms with Gasteiger partial charge in [-0.05, 0) is 39.2 Å². The van der Waals surface area contributed by atoms with Crippen LogP contribution in [0.5, 0.6) is 5.75 Å². The molecule has 2 N–H and O–H groups in total. The van der Waals surface area contributed by atoms with E-state index in [1.165, 1.54) is 0 Å². The zero-order valence-electron chi connectivity index (χ0n) is 11.8. The first-order valence-electron chi connectivity index (χ1n) is 6.75. The summed E-state index contributed by atoms with van der Waals surface area (Å²) in [6, 6.07) is 14.7. The third-order valence-corrected chi connectivity index (χ3v) is 3.49. The monoisotopic (exact) mass is 361 g/mol. The summed E-state index contributed by atoms with van der Waals surface area (Å²) < 4.78 is 5.72. The van der Waals surface area contributed by atoms with E-state index in [1.807, 2.05) is 42.5 Å². The zero-order chi connectivity index (χ0) is 15.8. The van der Waals surface area contributed by atoms with Crippen molar-refractivity contribution < 1.29 is 14.6 Å². The van der Waals surface area contributed by atoms with Gasteiger partial charge in [-0.1, -0.05) is 48.6 Å². The number of carbonyl (C=O) groups excluding carboxylic acids is 1. The summed E-state index contributed by atoms with van der Waals surface area (Å²) in [4.78, 5) is 11.5. The average Bonchev–Trinajstić information content (AvgIpc) is 2.54. The zero-order valence-corrected chi connectivity index (χ0v) is 13.4. The molecule has 0 aliphatic rings. The minimum Gasteiger partial charge on any atom is -0.507 e. The van der Waals surface area contributed by atoms with Crippen LogP contribution >= 0.6 is 15.9 Å². The third kappa shape index (κ3) is 5.26. The quantitative estimate of drug-likeness (QED) is 0.842. The van der Waals surface area contributed by atoms with Crippen LogP contribution in [0, 0.1) is 0 Å². The molecule has 0 aliphatic carbocycles. The predicted octanol–water partition coefficient (Wildman–Crippen LogP) is 4.09. The number of nitrogens with one attached hydrogen (secondary N) is 1. The molecule has 0 aliphatic heterocycles. The molecule has 22 heavy (non-hydrogen) atoms. The fourth-order valence-electron chi connectivity index (χ4n) is 1.74. The van der Waals surface area contributed by atoms with Gasteiger partial charge in [-0.3, -0.25) is 0 Å². The molecule has 1 amide bonds. The van der Waals surface area contributed by atoms with E-state index in [0.29, 0.717) is 11.0 Å². The Morgan fingerprint density at radius 1 is 1.23 bits per heavy atom. The Balaban J connectivity index is 1.72. The first-order chi connectivity index (χ1) is 10.6. The van der Waals surface area contributed by atoms with Gasteiger partial charge in [0.2, 0.25) is 0 Å². The Bertz CT molecular complexity index is 656. The van der Waals surface area contributed by atoms with E-state index in [9.17, 15) is 9.90 Å². The van der Waals surface area contributed by atoms with Crippen molar-refractivity contribution in [2.75, 3.05) is 6.54 Å². The van der Waals surface area contributed by atoms with E-state index in [2.05, 4.69) is 21.2 Å². The molecule has 0 bridgehead atoms. The second-order valence-corrected chi connectivity index (χ2v) is 5.41. The van der Waals surface area contributed by atoms with Crippen molar-refractivity contribution in [1.29, 1.82) is 0 Å². The molecular formula is C17H16BrNO3. The van der Waals surface area contributed by atoms with Crippen LogP contribution in [-0.4, -0.2) is 17.7 Å². The molecule has 0 spiro atoms. The topological polar surface area (TPSA) is 58.6 Å². The van der Waals surface area contributed by atoms with E-state index in [0.717, 1.165) is 11.1 Å². The van der Waals surface area contributed by atoms with E-state index in [1.54, 1.807) is 18.2 Å². The molecule has 0 saturated carbocycles. The van der Waals surface area contributed by atoms with Gasteiger partial charge < -0.3 is 15.2 Å². The number of ether oxygens (including phenoxy) is 1. The van der Waals surface area contributed by atoms with Crippen LogP contribution in [0.4, 0.5) is 4.79 Å². The van der Waals surface area contributed by atoms with Crippen molar-refractivity contribution in [1.82, 2.24) is 5.32 Å².